The maximum absolute atomic E-state index is 12.6. The van der Waals surface area contributed by atoms with E-state index in [0.29, 0.717) is 30.4 Å². The van der Waals surface area contributed by atoms with Crippen molar-refractivity contribution >= 4 is 21.6 Å². The van der Waals surface area contributed by atoms with Gasteiger partial charge in [0, 0.05) is 13.1 Å². The number of nitrogens with zero attached hydrogens (tertiary/aromatic N) is 2. The van der Waals surface area contributed by atoms with E-state index in [-0.39, 0.29) is 10.8 Å². The Bertz CT molecular complexity index is 526. The molecule has 1 N–H and O–H groups in total. The molecule has 1 aliphatic rings. The number of rotatable bonds is 4. The standard InChI is InChI=1S/C11H18ClN3O2S/c1-3-9-4-5-15(7-9)18(16,17)11-8(2)13-14-10(11)6-12/h9H,3-7H2,1-2H3,(H,13,14). The summed E-state index contributed by atoms with van der Waals surface area (Å²) in [7, 11) is -3.46. The van der Waals surface area contributed by atoms with Gasteiger partial charge in [0.15, 0.2) is 0 Å². The van der Waals surface area contributed by atoms with Gasteiger partial charge in [0.1, 0.15) is 4.90 Å². The molecule has 1 atom stereocenters. The monoisotopic (exact) mass is 291 g/mol. The van der Waals surface area contributed by atoms with Gasteiger partial charge < -0.3 is 0 Å². The summed E-state index contributed by atoms with van der Waals surface area (Å²) in [5.74, 6) is 0.565. The number of H-pyrrole nitrogens is 1. The second kappa shape index (κ2) is 5.19. The number of nitrogens with one attached hydrogen (secondary N) is 1. The smallest absolute Gasteiger partial charge is 0.246 e. The lowest BCUT2D eigenvalue weighted by atomic mass is 10.1. The van der Waals surface area contributed by atoms with Gasteiger partial charge in [-0.1, -0.05) is 13.3 Å². The van der Waals surface area contributed by atoms with E-state index in [0.717, 1.165) is 12.8 Å². The van der Waals surface area contributed by atoms with E-state index >= 15 is 0 Å². The van der Waals surface area contributed by atoms with Gasteiger partial charge >= 0.3 is 0 Å². The molecule has 0 bridgehead atoms. The molecular weight excluding hydrogens is 274 g/mol. The van der Waals surface area contributed by atoms with E-state index < -0.39 is 10.0 Å². The third kappa shape index (κ3) is 2.29. The first-order valence-corrected chi connectivity index (χ1v) is 8.08. The van der Waals surface area contributed by atoms with Gasteiger partial charge in [-0.2, -0.15) is 9.40 Å². The molecule has 7 heteroatoms. The average molecular weight is 292 g/mol. The molecular formula is C11H18ClN3O2S. The number of hydrogen-bond acceptors (Lipinski definition) is 3. The normalized spacial score (nSPS) is 21.6. The summed E-state index contributed by atoms with van der Waals surface area (Å²) in [5.41, 5.74) is 0.972. The molecule has 0 radical (unpaired) electrons. The Labute approximate surface area is 113 Å². The van der Waals surface area contributed by atoms with Crippen molar-refractivity contribution in [2.75, 3.05) is 13.1 Å². The molecule has 1 fully saturated rings. The zero-order valence-corrected chi connectivity index (χ0v) is 12.2. The summed E-state index contributed by atoms with van der Waals surface area (Å²) in [4.78, 5) is 0.259. The van der Waals surface area contributed by atoms with E-state index in [1.807, 2.05) is 0 Å². The fraction of sp³-hybridized carbons (Fsp3) is 0.727. The molecule has 1 aliphatic heterocycles. The van der Waals surface area contributed by atoms with E-state index in [4.69, 9.17) is 11.6 Å². The van der Waals surface area contributed by atoms with Crippen molar-refractivity contribution in [2.24, 2.45) is 5.92 Å². The molecule has 0 amide bonds. The molecule has 0 aromatic carbocycles. The van der Waals surface area contributed by atoms with Gasteiger partial charge in [-0.15, -0.1) is 11.6 Å². The number of aryl methyl sites for hydroxylation is 1. The van der Waals surface area contributed by atoms with Crippen molar-refractivity contribution in [3.8, 4) is 0 Å². The Balaban J connectivity index is 2.34. The molecule has 0 saturated carbocycles. The molecule has 2 rings (SSSR count). The van der Waals surface area contributed by atoms with Crippen molar-refractivity contribution < 1.29 is 8.42 Å². The van der Waals surface area contributed by atoms with Gasteiger partial charge in [-0.25, -0.2) is 8.42 Å². The maximum atomic E-state index is 12.6. The van der Waals surface area contributed by atoms with Gasteiger partial charge in [0.05, 0.1) is 17.3 Å². The summed E-state index contributed by atoms with van der Waals surface area (Å²) in [5, 5.41) is 6.65. The number of alkyl halides is 1. The minimum Gasteiger partial charge on any atom is -0.281 e. The van der Waals surface area contributed by atoms with Crippen molar-refractivity contribution in [3.63, 3.8) is 0 Å². The lowest BCUT2D eigenvalue weighted by Crippen LogP contribution is -2.29. The van der Waals surface area contributed by atoms with Crippen LogP contribution in [0.3, 0.4) is 0 Å². The maximum Gasteiger partial charge on any atom is 0.246 e. The summed E-state index contributed by atoms with van der Waals surface area (Å²) >= 11 is 5.75. The minimum atomic E-state index is -3.46. The molecule has 5 nitrogen and oxygen atoms in total. The van der Waals surface area contributed by atoms with E-state index in [2.05, 4.69) is 17.1 Å². The molecule has 1 saturated heterocycles. The van der Waals surface area contributed by atoms with Crippen LogP contribution in [0.25, 0.3) is 0 Å². The zero-order valence-electron chi connectivity index (χ0n) is 10.6. The van der Waals surface area contributed by atoms with Crippen LogP contribution in [-0.2, 0) is 15.9 Å². The predicted molar refractivity (Wildman–Crippen MR) is 70.0 cm³/mol. The van der Waals surface area contributed by atoms with Crippen LogP contribution in [0.5, 0.6) is 0 Å². The average Bonchev–Trinajstić information content (AvgIpc) is 2.95. The Kier molecular flexibility index (Phi) is 3.99. The van der Waals surface area contributed by atoms with Crippen molar-refractivity contribution in [3.05, 3.63) is 11.4 Å². The lowest BCUT2D eigenvalue weighted by molar-refractivity contribution is 0.452. The van der Waals surface area contributed by atoms with Crippen molar-refractivity contribution in [1.82, 2.24) is 14.5 Å². The van der Waals surface area contributed by atoms with Crippen molar-refractivity contribution in [1.29, 1.82) is 0 Å². The Morgan fingerprint density at radius 2 is 2.28 bits per heavy atom. The SMILES string of the molecule is CCC1CCN(S(=O)(=O)c2c(CCl)n[nH]c2C)C1. The first kappa shape index (κ1) is 13.8. The van der Waals surface area contributed by atoms with Crippen molar-refractivity contribution in [2.45, 2.75) is 37.5 Å². The molecule has 0 spiro atoms. The Morgan fingerprint density at radius 3 is 2.83 bits per heavy atom. The summed E-state index contributed by atoms with van der Waals surface area (Å²) in [6.45, 7) is 5.00. The molecule has 102 valence electrons. The van der Waals surface area contributed by atoms with Crippen LogP contribution in [0.2, 0.25) is 0 Å². The highest BCUT2D eigenvalue weighted by molar-refractivity contribution is 7.89. The second-order valence-electron chi connectivity index (χ2n) is 4.68. The van der Waals surface area contributed by atoms with E-state index in [1.54, 1.807) is 11.2 Å². The first-order chi connectivity index (χ1) is 8.50. The number of hydrogen-bond donors (Lipinski definition) is 1. The zero-order chi connectivity index (χ0) is 13.3. The fourth-order valence-corrected chi connectivity index (χ4v) is 4.51. The largest absolute Gasteiger partial charge is 0.281 e. The van der Waals surface area contributed by atoms with Crippen LogP contribution in [0.1, 0.15) is 31.2 Å². The molecule has 18 heavy (non-hydrogen) atoms. The predicted octanol–water partition coefficient (Wildman–Crippen LogP) is 1.88. The Morgan fingerprint density at radius 1 is 1.56 bits per heavy atom. The molecule has 1 aromatic rings. The topological polar surface area (TPSA) is 66.1 Å². The van der Waals surface area contributed by atoms with Gasteiger partial charge in [0.25, 0.3) is 0 Å². The van der Waals surface area contributed by atoms with E-state index in [1.165, 1.54) is 0 Å². The summed E-state index contributed by atoms with van der Waals surface area (Å²) in [6.07, 6.45) is 1.95. The van der Waals surface area contributed by atoms with Gasteiger partial charge in [-0.3, -0.25) is 5.10 Å². The van der Waals surface area contributed by atoms with Crippen LogP contribution >= 0.6 is 11.6 Å². The molecule has 1 unspecified atom stereocenters. The number of aromatic nitrogens is 2. The summed E-state index contributed by atoms with van der Waals surface area (Å²) in [6, 6.07) is 0. The fourth-order valence-electron chi connectivity index (χ4n) is 2.38. The van der Waals surface area contributed by atoms with Crippen LogP contribution in [-0.4, -0.2) is 36.0 Å². The van der Waals surface area contributed by atoms with Crippen LogP contribution in [0, 0.1) is 12.8 Å². The van der Waals surface area contributed by atoms with Crippen LogP contribution in [0.15, 0.2) is 4.90 Å². The van der Waals surface area contributed by atoms with Crippen LogP contribution < -0.4 is 0 Å². The van der Waals surface area contributed by atoms with E-state index in [9.17, 15) is 8.42 Å². The van der Waals surface area contributed by atoms with Gasteiger partial charge in [0.2, 0.25) is 10.0 Å². The number of aromatic amines is 1. The highest BCUT2D eigenvalue weighted by Crippen LogP contribution is 2.29. The first-order valence-electron chi connectivity index (χ1n) is 6.10. The highest BCUT2D eigenvalue weighted by Gasteiger charge is 2.35. The summed E-state index contributed by atoms with van der Waals surface area (Å²) < 4.78 is 26.7. The molecule has 1 aromatic heterocycles. The lowest BCUT2D eigenvalue weighted by Gasteiger charge is -2.16. The Hall–Kier alpha value is -0.590. The molecule has 0 aliphatic carbocycles. The second-order valence-corrected chi connectivity index (χ2v) is 6.83. The molecule has 2 heterocycles. The third-order valence-electron chi connectivity index (χ3n) is 3.51. The number of sulfonamides is 1. The third-order valence-corrected chi connectivity index (χ3v) is 5.83. The number of halogens is 1. The van der Waals surface area contributed by atoms with Crippen LogP contribution in [0.4, 0.5) is 0 Å². The quantitative estimate of drug-likeness (QED) is 0.861. The minimum absolute atomic E-state index is 0.101. The highest BCUT2D eigenvalue weighted by atomic mass is 35.5. The van der Waals surface area contributed by atoms with Gasteiger partial charge in [-0.05, 0) is 19.3 Å².